The highest BCUT2D eigenvalue weighted by atomic mass is 19.4. The van der Waals surface area contributed by atoms with E-state index in [0.29, 0.717) is 36.1 Å². The van der Waals surface area contributed by atoms with Crippen molar-refractivity contribution in [2.45, 2.75) is 42.9 Å². The number of aromatic nitrogens is 2. The summed E-state index contributed by atoms with van der Waals surface area (Å²) < 4.78 is 66.8. The second-order valence-corrected chi connectivity index (χ2v) is 9.33. The molecule has 36 heavy (non-hydrogen) atoms. The van der Waals surface area contributed by atoms with Gasteiger partial charge in [-0.05, 0) is 55.2 Å². The first kappa shape index (κ1) is 24.3. The molecule has 1 N–H and O–H groups in total. The van der Waals surface area contributed by atoms with Crippen molar-refractivity contribution in [1.82, 2.24) is 9.55 Å². The number of benzene rings is 2. The Balaban J connectivity index is 1.51. The van der Waals surface area contributed by atoms with Gasteiger partial charge in [0.15, 0.2) is 0 Å². The maximum atomic E-state index is 13.6. The van der Waals surface area contributed by atoms with Crippen LogP contribution in [0.15, 0.2) is 54.9 Å². The van der Waals surface area contributed by atoms with Gasteiger partial charge in [-0.25, -0.2) is 9.37 Å². The number of nitrogens with zero attached hydrogens (tertiary/aromatic N) is 2. The van der Waals surface area contributed by atoms with Crippen LogP contribution in [-0.2, 0) is 15.7 Å². The van der Waals surface area contributed by atoms with Crippen molar-refractivity contribution in [2.24, 2.45) is 5.92 Å². The molecule has 1 aliphatic carbocycles. The number of aliphatic carboxylic acids is 1. The lowest BCUT2D eigenvalue weighted by molar-refractivity contribution is -0.146. The number of rotatable bonds is 5. The molecular weight excluding hydrogens is 480 g/mol. The molecule has 2 heterocycles. The summed E-state index contributed by atoms with van der Waals surface area (Å²) in [7, 11) is 1.49. The van der Waals surface area contributed by atoms with E-state index < -0.39 is 41.2 Å². The monoisotopic (exact) mass is 504 g/mol. The number of carbonyl (C=O) groups is 1. The number of halogens is 4. The Labute approximate surface area is 204 Å². The third-order valence-corrected chi connectivity index (χ3v) is 7.38. The molecule has 10 heteroatoms. The Morgan fingerprint density at radius 3 is 2.64 bits per heavy atom. The molecule has 2 aliphatic rings. The average molecular weight is 504 g/mol. The minimum absolute atomic E-state index is 0.242. The first-order valence-corrected chi connectivity index (χ1v) is 11.5. The van der Waals surface area contributed by atoms with Crippen LogP contribution in [0.5, 0.6) is 5.75 Å². The average Bonchev–Trinajstić information content (AvgIpc) is 3.58. The van der Waals surface area contributed by atoms with E-state index in [-0.39, 0.29) is 18.2 Å². The quantitative estimate of drug-likeness (QED) is 0.461. The summed E-state index contributed by atoms with van der Waals surface area (Å²) >= 11 is 0. The molecule has 0 radical (unpaired) electrons. The highest BCUT2D eigenvalue weighted by Gasteiger charge is 2.56. The van der Waals surface area contributed by atoms with Gasteiger partial charge >= 0.3 is 12.1 Å². The SMILES string of the molecule is COc1ccc(-n2ccnc2C(F)(F)F)cc1[C@H]1CO[C@]2(CC[C@H](C(=O)O)[C@@H]2c2ccc(F)cc2)C1. The highest BCUT2D eigenvalue weighted by Crippen LogP contribution is 2.57. The molecule has 0 amide bonds. The second kappa shape index (κ2) is 8.92. The number of hydrogen-bond donors (Lipinski definition) is 1. The van der Waals surface area contributed by atoms with Gasteiger partial charge in [-0.15, -0.1) is 0 Å². The summed E-state index contributed by atoms with van der Waals surface area (Å²) in [5.74, 6) is -3.30. The van der Waals surface area contributed by atoms with Crippen LogP contribution in [0.2, 0.25) is 0 Å². The second-order valence-electron chi connectivity index (χ2n) is 9.33. The van der Waals surface area contributed by atoms with Crippen LogP contribution in [0, 0.1) is 11.7 Å². The molecule has 6 nitrogen and oxygen atoms in total. The number of alkyl halides is 3. The van der Waals surface area contributed by atoms with Crippen molar-refractivity contribution in [1.29, 1.82) is 0 Å². The first-order valence-electron chi connectivity index (χ1n) is 11.5. The standard InChI is InChI=1S/C26H24F4N2O4/c1-35-21-7-6-18(32-11-10-31-24(32)26(28,29)30)12-20(21)16-13-25(36-14-16)9-8-19(23(33)34)22(25)15-2-4-17(27)5-3-15/h2-7,10-12,16,19,22H,8-9,13-14H2,1H3,(H,33,34)/t16-,19+,22+,25-/m1/s1. The molecule has 2 aromatic carbocycles. The first-order chi connectivity index (χ1) is 17.1. The van der Waals surface area contributed by atoms with Crippen molar-refractivity contribution in [3.8, 4) is 11.4 Å². The molecular formula is C26H24F4N2O4. The molecule has 4 atom stereocenters. The molecule has 0 bridgehead atoms. The zero-order valence-corrected chi connectivity index (χ0v) is 19.3. The molecule has 1 aliphatic heterocycles. The third-order valence-electron chi connectivity index (χ3n) is 7.38. The summed E-state index contributed by atoms with van der Waals surface area (Å²) in [6, 6.07) is 10.6. The molecule has 1 saturated carbocycles. The van der Waals surface area contributed by atoms with E-state index in [2.05, 4.69) is 4.98 Å². The Morgan fingerprint density at radius 2 is 1.97 bits per heavy atom. The zero-order valence-electron chi connectivity index (χ0n) is 19.3. The summed E-state index contributed by atoms with van der Waals surface area (Å²) in [5.41, 5.74) is 0.848. The molecule has 5 rings (SSSR count). The molecule has 1 aromatic heterocycles. The van der Waals surface area contributed by atoms with Gasteiger partial charge in [0.25, 0.3) is 0 Å². The van der Waals surface area contributed by atoms with Crippen LogP contribution in [0.1, 0.15) is 48.0 Å². The van der Waals surface area contributed by atoms with E-state index in [1.807, 2.05) is 0 Å². The fourth-order valence-electron chi connectivity index (χ4n) is 5.87. The van der Waals surface area contributed by atoms with Gasteiger partial charge in [0.05, 0.1) is 25.2 Å². The summed E-state index contributed by atoms with van der Waals surface area (Å²) in [6.45, 7) is 0.250. The number of ether oxygens (including phenoxy) is 2. The predicted octanol–water partition coefficient (Wildman–Crippen LogP) is 5.56. The van der Waals surface area contributed by atoms with E-state index in [1.54, 1.807) is 24.3 Å². The molecule has 1 saturated heterocycles. The number of imidazole rings is 1. The Morgan fingerprint density at radius 1 is 1.22 bits per heavy atom. The van der Waals surface area contributed by atoms with Gasteiger partial charge in [0, 0.05) is 35.5 Å². The number of hydrogen-bond acceptors (Lipinski definition) is 4. The van der Waals surface area contributed by atoms with E-state index in [1.165, 1.54) is 31.5 Å². The Hall–Kier alpha value is -3.40. The van der Waals surface area contributed by atoms with Crippen LogP contribution < -0.4 is 4.74 Å². The van der Waals surface area contributed by atoms with Gasteiger partial charge in [-0.1, -0.05) is 12.1 Å². The summed E-state index contributed by atoms with van der Waals surface area (Å²) in [6.07, 6.45) is -0.912. The van der Waals surface area contributed by atoms with E-state index in [9.17, 15) is 27.5 Å². The van der Waals surface area contributed by atoms with E-state index in [0.717, 1.165) is 10.8 Å². The van der Waals surface area contributed by atoms with Crippen LogP contribution in [0.3, 0.4) is 0 Å². The van der Waals surface area contributed by atoms with Crippen molar-refractivity contribution in [2.75, 3.05) is 13.7 Å². The lowest BCUT2D eigenvalue weighted by Crippen LogP contribution is -2.35. The van der Waals surface area contributed by atoms with E-state index in [4.69, 9.17) is 9.47 Å². The van der Waals surface area contributed by atoms with Crippen LogP contribution >= 0.6 is 0 Å². The number of carboxylic acids is 1. The predicted molar refractivity (Wildman–Crippen MR) is 121 cm³/mol. The number of methoxy groups -OCH3 is 1. The highest BCUT2D eigenvalue weighted by molar-refractivity contribution is 5.72. The van der Waals surface area contributed by atoms with Crippen LogP contribution in [-0.4, -0.2) is 39.9 Å². The van der Waals surface area contributed by atoms with Crippen molar-refractivity contribution in [3.63, 3.8) is 0 Å². The van der Waals surface area contributed by atoms with E-state index >= 15 is 0 Å². The summed E-state index contributed by atoms with van der Waals surface area (Å²) in [5, 5.41) is 9.89. The van der Waals surface area contributed by atoms with Gasteiger partial charge in [-0.2, -0.15) is 13.2 Å². The topological polar surface area (TPSA) is 73.6 Å². The molecule has 190 valence electrons. The minimum Gasteiger partial charge on any atom is -0.496 e. The van der Waals surface area contributed by atoms with Gasteiger partial charge < -0.3 is 14.6 Å². The smallest absolute Gasteiger partial charge is 0.450 e. The maximum Gasteiger partial charge on any atom is 0.450 e. The zero-order chi connectivity index (χ0) is 25.7. The molecule has 1 spiro atoms. The Bertz CT molecular complexity index is 1270. The van der Waals surface area contributed by atoms with Gasteiger partial charge in [0.2, 0.25) is 5.82 Å². The normalized spacial score (nSPS) is 26.0. The third kappa shape index (κ3) is 4.13. The van der Waals surface area contributed by atoms with Gasteiger partial charge in [-0.3, -0.25) is 9.36 Å². The lowest BCUT2D eigenvalue weighted by atomic mass is 9.76. The van der Waals surface area contributed by atoms with Crippen LogP contribution in [0.4, 0.5) is 17.6 Å². The minimum atomic E-state index is -4.62. The lowest BCUT2D eigenvalue weighted by Gasteiger charge is -2.33. The molecule has 3 aromatic rings. The largest absolute Gasteiger partial charge is 0.496 e. The van der Waals surface area contributed by atoms with Gasteiger partial charge in [0.1, 0.15) is 11.6 Å². The van der Waals surface area contributed by atoms with Crippen molar-refractivity contribution >= 4 is 5.97 Å². The van der Waals surface area contributed by atoms with Crippen molar-refractivity contribution in [3.05, 3.63) is 77.6 Å². The maximum absolute atomic E-state index is 13.6. The Kier molecular flexibility index (Phi) is 6.02. The number of carboxylic acid groups (broad SMARTS) is 1. The summed E-state index contributed by atoms with van der Waals surface area (Å²) in [4.78, 5) is 15.5. The molecule has 2 fully saturated rings. The van der Waals surface area contributed by atoms with Crippen molar-refractivity contribution < 1.29 is 36.9 Å². The van der Waals surface area contributed by atoms with Crippen LogP contribution in [0.25, 0.3) is 5.69 Å². The fourth-order valence-corrected chi connectivity index (χ4v) is 5.87. The molecule has 0 unspecified atom stereocenters. The fraction of sp³-hybridized carbons (Fsp3) is 0.385.